The van der Waals surface area contributed by atoms with E-state index in [0.717, 1.165) is 35.2 Å². The first-order chi connectivity index (χ1) is 11.1. The van der Waals surface area contributed by atoms with Gasteiger partial charge in [-0.15, -0.1) is 0 Å². The smallest absolute Gasteiger partial charge is 0.200 e. The fourth-order valence-corrected chi connectivity index (χ4v) is 3.68. The average molecular weight is 324 g/mol. The molecule has 4 rings (SSSR count). The molecule has 0 bridgehead atoms. The highest BCUT2D eigenvalue weighted by atomic mass is 32.1. The van der Waals surface area contributed by atoms with E-state index in [0.29, 0.717) is 22.8 Å². The van der Waals surface area contributed by atoms with Crippen LogP contribution in [-0.4, -0.2) is 15.8 Å². The van der Waals surface area contributed by atoms with Crippen LogP contribution in [0.25, 0.3) is 0 Å². The summed E-state index contributed by atoms with van der Waals surface area (Å²) >= 11 is 5.14. The van der Waals surface area contributed by atoms with E-state index in [4.69, 9.17) is 18.0 Å². The third-order valence-corrected chi connectivity index (χ3v) is 4.63. The molecule has 2 aromatic rings. The molecule has 1 aliphatic heterocycles. The van der Waals surface area contributed by atoms with Crippen LogP contribution in [0.3, 0.4) is 0 Å². The van der Waals surface area contributed by atoms with Crippen LogP contribution in [-0.2, 0) is 4.79 Å². The molecule has 1 aromatic heterocycles. The van der Waals surface area contributed by atoms with E-state index in [1.165, 1.54) is 0 Å². The zero-order valence-electron chi connectivity index (χ0n) is 12.4. The number of hydrogen-bond acceptors (Lipinski definition) is 5. The van der Waals surface area contributed by atoms with Crippen molar-refractivity contribution in [2.45, 2.75) is 25.2 Å². The van der Waals surface area contributed by atoms with Crippen molar-refractivity contribution in [3.63, 3.8) is 0 Å². The lowest BCUT2D eigenvalue weighted by molar-refractivity contribution is -0.116. The van der Waals surface area contributed by atoms with Gasteiger partial charge in [-0.05, 0) is 30.6 Å². The molecular weight excluding hydrogens is 308 g/mol. The first kappa shape index (κ1) is 14.1. The van der Waals surface area contributed by atoms with Crippen molar-refractivity contribution in [3.05, 3.63) is 57.5 Å². The van der Waals surface area contributed by atoms with Gasteiger partial charge in [0.1, 0.15) is 11.6 Å². The molecule has 0 spiro atoms. The van der Waals surface area contributed by atoms with Crippen LogP contribution in [0, 0.1) is 4.77 Å². The minimum atomic E-state index is -0.199. The number of aromatic amines is 1. The molecule has 1 unspecified atom stereocenters. The number of nitrogens with two attached hydrogens (primary N) is 1. The lowest BCUT2D eigenvalue weighted by Gasteiger charge is -2.33. The second-order valence-electron chi connectivity index (χ2n) is 5.86. The van der Waals surface area contributed by atoms with Crippen molar-refractivity contribution in [3.8, 4) is 0 Å². The molecule has 23 heavy (non-hydrogen) atoms. The summed E-state index contributed by atoms with van der Waals surface area (Å²) in [5, 5.41) is 3.29. The minimum absolute atomic E-state index is 0.181. The minimum Gasteiger partial charge on any atom is -0.385 e. The summed E-state index contributed by atoms with van der Waals surface area (Å²) < 4.78 is 0.340. The predicted molar refractivity (Wildman–Crippen MR) is 91.6 cm³/mol. The zero-order chi connectivity index (χ0) is 16.0. The Morgan fingerprint density at radius 3 is 2.78 bits per heavy atom. The second kappa shape index (κ2) is 5.31. The molecule has 116 valence electrons. The van der Waals surface area contributed by atoms with Gasteiger partial charge in [-0.2, -0.15) is 0 Å². The van der Waals surface area contributed by atoms with Gasteiger partial charge in [0.2, 0.25) is 0 Å². The van der Waals surface area contributed by atoms with Gasteiger partial charge in [-0.25, -0.2) is 4.98 Å². The van der Waals surface area contributed by atoms with E-state index >= 15 is 0 Å². The Kier molecular flexibility index (Phi) is 3.27. The van der Waals surface area contributed by atoms with Crippen LogP contribution >= 0.6 is 12.2 Å². The Labute approximate surface area is 138 Å². The maximum atomic E-state index is 12.6. The molecule has 0 saturated heterocycles. The van der Waals surface area contributed by atoms with E-state index in [-0.39, 0.29) is 11.7 Å². The second-order valence-corrected chi connectivity index (χ2v) is 6.24. The summed E-state index contributed by atoms with van der Waals surface area (Å²) in [5.41, 5.74) is 9.81. The number of ketones is 1. The lowest BCUT2D eigenvalue weighted by atomic mass is 9.76. The molecule has 1 atom stereocenters. The molecule has 2 heterocycles. The lowest BCUT2D eigenvalue weighted by Crippen LogP contribution is -2.28. The monoisotopic (exact) mass is 324 g/mol. The van der Waals surface area contributed by atoms with Gasteiger partial charge < -0.3 is 16.0 Å². The number of hydrogen-bond donors (Lipinski definition) is 3. The van der Waals surface area contributed by atoms with E-state index in [9.17, 15) is 4.79 Å². The van der Waals surface area contributed by atoms with Crippen molar-refractivity contribution in [2.24, 2.45) is 0 Å². The quantitative estimate of drug-likeness (QED) is 0.701. The summed E-state index contributed by atoms with van der Waals surface area (Å²) in [7, 11) is 0. The van der Waals surface area contributed by atoms with Gasteiger partial charge in [0.15, 0.2) is 10.6 Å². The number of nitrogens with one attached hydrogen (secondary N) is 2. The van der Waals surface area contributed by atoms with Crippen molar-refractivity contribution < 1.29 is 4.79 Å². The van der Waals surface area contributed by atoms with Gasteiger partial charge in [0.25, 0.3) is 0 Å². The molecule has 1 aromatic carbocycles. The van der Waals surface area contributed by atoms with E-state index in [2.05, 4.69) is 15.3 Å². The number of Topliss-reactive ketones (excluding diaryl/α,β-unsaturated/α-hetero) is 1. The molecule has 0 amide bonds. The Bertz CT molecular complexity index is 885. The number of anilines is 2. The number of nitrogens with zero attached hydrogens (tertiary/aromatic N) is 1. The van der Waals surface area contributed by atoms with Gasteiger partial charge in [0.05, 0.1) is 0 Å². The molecule has 0 fully saturated rings. The van der Waals surface area contributed by atoms with Gasteiger partial charge in [0, 0.05) is 29.2 Å². The molecule has 0 saturated carbocycles. The van der Waals surface area contributed by atoms with Crippen molar-refractivity contribution in [1.82, 2.24) is 9.97 Å². The Morgan fingerprint density at radius 2 is 2.00 bits per heavy atom. The Hall–Kier alpha value is -2.47. The van der Waals surface area contributed by atoms with Gasteiger partial charge in [-0.3, -0.25) is 4.79 Å². The van der Waals surface area contributed by atoms with Gasteiger partial charge >= 0.3 is 0 Å². The normalized spacial score (nSPS) is 19.8. The topological polar surface area (TPSA) is 83.8 Å². The number of nitrogen functional groups attached to an aromatic ring is 1. The summed E-state index contributed by atoms with van der Waals surface area (Å²) in [5.74, 6) is 1.11. The SMILES string of the molecule is Nc1[nH]c(=S)nc2c1C(c1ccccc1)C1=C(CCCC1=O)N2. The van der Waals surface area contributed by atoms with Crippen LogP contribution in [0.15, 0.2) is 41.6 Å². The maximum Gasteiger partial charge on any atom is 0.200 e. The summed E-state index contributed by atoms with van der Waals surface area (Å²) in [6.07, 6.45) is 2.28. The third-order valence-electron chi connectivity index (χ3n) is 4.44. The first-order valence-corrected chi connectivity index (χ1v) is 8.04. The number of benzene rings is 1. The van der Waals surface area contributed by atoms with Crippen LogP contribution in [0.1, 0.15) is 36.3 Å². The highest BCUT2D eigenvalue weighted by Crippen LogP contribution is 2.46. The standard InChI is InChI=1S/C17H16N4OS/c18-15-14-12(9-5-2-1-3-6-9)13-10(7-4-8-11(13)22)19-16(14)21-17(23)20-15/h1-3,5-6,12H,4,7-8H2,(H4,18,19,20,21,23). The molecule has 0 radical (unpaired) electrons. The third kappa shape index (κ3) is 2.26. The number of carbonyl (C=O) groups is 1. The number of rotatable bonds is 1. The van der Waals surface area contributed by atoms with Gasteiger partial charge in [-0.1, -0.05) is 30.3 Å². The zero-order valence-corrected chi connectivity index (χ0v) is 13.2. The highest BCUT2D eigenvalue weighted by Gasteiger charge is 2.37. The Balaban J connectivity index is 2.01. The largest absolute Gasteiger partial charge is 0.385 e. The number of H-pyrrole nitrogens is 1. The van der Waals surface area contributed by atoms with E-state index in [1.807, 2.05) is 30.3 Å². The van der Waals surface area contributed by atoms with Crippen molar-refractivity contribution in [1.29, 1.82) is 0 Å². The molecule has 1 aliphatic carbocycles. The fourth-order valence-electron chi connectivity index (χ4n) is 3.48. The van der Waals surface area contributed by atoms with E-state index in [1.54, 1.807) is 0 Å². The van der Waals surface area contributed by atoms with Crippen LogP contribution in [0.5, 0.6) is 0 Å². The van der Waals surface area contributed by atoms with Crippen molar-refractivity contribution in [2.75, 3.05) is 11.1 Å². The summed E-state index contributed by atoms with van der Waals surface area (Å²) in [6.45, 7) is 0. The van der Waals surface area contributed by atoms with Crippen LogP contribution in [0.4, 0.5) is 11.6 Å². The summed E-state index contributed by atoms with van der Waals surface area (Å²) in [4.78, 5) is 19.9. The van der Waals surface area contributed by atoms with Crippen molar-refractivity contribution >= 4 is 29.6 Å². The molecule has 4 N–H and O–H groups in total. The fraction of sp³-hybridized carbons (Fsp3) is 0.235. The highest BCUT2D eigenvalue weighted by molar-refractivity contribution is 7.71. The van der Waals surface area contributed by atoms with E-state index < -0.39 is 0 Å². The average Bonchev–Trinajstić information content (AvgIpc) is 2.54. The van der Waals surface area contributed by atoms with Crippen LogP contribution < -0.4 is 11.1 Å². The molecule has 5 nitrogen and oxygen atoms in total. The number of fused-ring (bicyclic) bond motifs is 1. The number of allylic oxidation sites excluding steroid dienone is 2. The van der Waals surface area contributed by atoms with Crippen LogP contribution in [0.2, 0.25) is 0 Å². The maximum absolute atomic E-state index is 12.6. The molecular formula is C17H16N4OS. The molecule has 2 aliphatic rings. The predicted octanol–water partition coefficient (Wildman–Crippen LogP) is 3.29. The first-order valence-electron chi connectivity index (χ1n) is 7.63. The summed E-state index contributed by atoms with van der Waals surface area (Å²) in [6, 6.07) is 9.95. The number of aromatic nitrogens is 2. The Morgan fingerprint density at radius 1 is 1.22 bits per heavy atom. The molecule has 6 heteroatoms. The number of carbonyl (C=O) groups excluding carboxylic acids is 1.